The molecular weight excluding hydrogens is 362 g/mol. The lowest BCUT2D eigenvalue weighted by molar-refractivity contribution is -0.134. The molecule has 0 unspecified atom stereocenters. The molecule has 152 valence electrons. The number of nitrogens with zero attached hydrogens (tertiary/aromatic N) is 3. The molecule has 1 aliphatic carbocycles. The number of hydrogen-bond acceptors (Lipinski definition) is 3. The average Bonchev–Trinajstić information content (AvgIpc) is 2.79. The summed E-state index contributed by atoms with van der Waals surface area (Å²) in [4.78, 5) is 31.5. The predicted molar refractivity (Wildman–Crippen MR) is 114 cm³/mol. The van der Waals surface area contributed by atoms with E-state index in [4.69, 9.17) is 0 Å². The van der Waals surface area contributed by atoms with Crippen molar-refractivity contribution in [2.75, 3.05) is 39.8 Å². The lowest BCUT2D eigenvalue weighted by Crippen LogP contribution is -2.51. The van der Waals surface area contributed by atoms with Gasteiger partial charge in [-0.2, -0.15) is 0 Å². The number of rotatable bonds is 4. The number of fused-ring (bicyclic) bond motifs is 1. The number of likely N-dealkylation sites (N-methyl/N-ethyl adjacent to an activating group) is 1. The highest BCUT2D eigenvalue weighted by Crippen LogP contribution is 2.33. The van der Waals surface area contributed by atoms with Crippen molar-refractivity contribution in [3.05, 3.63) is 71.3 Å². The maximum Gasteiger partial charge on any atom is 0.253 e. The maximum atomic E-state index is 13.0. The van der Waals surface area contributed by atoms with Crippen LogP contribution in [0.15, 0.2) is 54.6 Å². The predicted octanol–water partition coefficient (Wildman–Crippen LogP) is 2.98. The number of hydrogen-bond donors (Lipinski definition) is 0. The molecule has 5 nitrogen and oxygen atoms in total. The van der Waals surface area contributed by atoms with Gasteiger partial charge in [0.25, 0.3) is 5.91 Å². The van der Waals surface area contributed by atoms with Crippen LogP contribution in [0.5, 0.6) is 0 Å². The van der Waals surface area contributed by atoms with Crippen LogP contribution in [-0.4, -0.2) is 66.3 Å². The first kappa shape index (κ1) is 19.6. The van der Waals surface area contributed by atoms with Gasteiger partial charge in [0, 0.05) is 38.8 Å². The Balaban J connectivity index is 1.32. The van der Waals surface area contributed by atoms with Gasteiger partial charge >= 0.3 is 0 Å². The summed E-state index contributed by atoms with van der Waals surface area (Å²) in [6, 6.07) is 18.1. The second kappa shape index (κ2) is 8.78. The van der Waals surface area contributed by atoms with Gasteiger partial charge in [-0.1, -0.05) is 42.5 Å². The van der Waals surface area contributed by atoms with Gasteiger partial charge in [-0.3, -0.25) is 14.5 Å². The minimum atomic E-state index is 0.0764. The van der Waals surface area contributed by atoms with Crippen molar-refractivity contribution in [2.24, 2.45) is 0 Å². The van der Waals surface area contributed by atoms with Gasteiger partial charge < -0.3 is 9.80 Å². The Hall–Kier alpha value is -2.66. The summed E-state index contributed by atoms with van der Waals surface area (Å²) in [5.41, 5.74) is 3.40. The van der Waals surface area contributed by atoms with Crippen LogP contribution in [0.4, 0.5) is 0 Å². The third-order valence-electron chi connectivity index (χ3n) is 6.24. The SMILES string of the molecule is CN(C(=O)CN1CCN(C(=O)c2ccccc2)CC1)[C@H]1CCCc2ccccc21. The summed E-state index contributed by atoms with van der Waals surface area (Å²) in [5, 5.41) is 0. The Morgan fingerprint density at radius 2 is 1.66 bits per heavy atom. The molecule has 1 aliphatic heterocycles. The molecule has 0 aromatic heterocycles. The van der Waals surface area contributed by atoms with E-state index in [-0.39, 0.29) is 17.9 Å². The molecule has 0 saturated carbocycles. The van der Waals surface area contributed by atoms with Crippen LogP contribution in [0.2, 0.25) is 0 Å². The summed E-state index contributed by atoms with van der Waals surface area (Å²) < 4.78 is 0. The first-order chi connectivity index (χ1) is 14.1. The van der Waals surface area contributed by atoms with Crippen molar-refractivity contribution in [1.82, 2.24) is 14.7 Å². The van der Waals surface area contributed by atoms with Crippen LogP contribution in [0.25, 0.3) is 0 Å². The average molecular weight is 392 g/mol. The molecule has 2 aromatic carbocycles. The molecule has 4 rings (SSSR count). The zero-order chi connectivity index (χ0) is 20.2. The summed E-state index contributed by atoms with van der Waals surface area (Å²) in [5.74, 6) is 0.238. The maximum absolute atomic E-state index is 13.0. The van der Waals surface area contributed by atoms with Gasteiger partial charge in [-0.25, -0.2) is 0 Å². The molecule has 1 fully saturated rings. The van der Waals surface area contributed by atoms with Crippen LogP contribution in [-0.2, 0) is 11.2 Å². The normalized spacial score (nSPS) is 19.5. The first-order valence-electron chi connectivity index (χ1n) is 10.5. The highest BCUT2D eigenvalue weighted by atomic mass is 16.2. The molecule has 5 heteroatoms. The quantitative estimate of drug-likeness (QED) is 0.805. The fraction of sp³-hybridized carbons (Fsp3) is 0.417. The highest BCUT2D eigenvalue weighted by molar-refractivity contribution is 5.94. The second-order valence-electron chi connectivity index (χ2n) is 8.05. The van der Waals surface area contributed by atoms with Crippen molar-refractivity contribution in [1.29, 1.82) is 0 Å². The van der Waals surface area contributed by atoms with E-state index in [2.05, 4.69) is 29.2 Å². The van der Waals surface area contributed by atoms with Crippen LogP contribution in [0.1, 0.15) is 40.4 Å². The molecule has 2 aromatic rings. The van der Waals surface area contributed by atoms with Crippen molar-refractivity contribution < 1.29 is 9.59 Å². The number of aryl methyl sites for hydroxylation is 1. The van der Waals surface area contributed by atoms with E-state index in [0.717, 1.165) is 37.9 Å². The van der Waals surface area contributed by atoms with Gasteiger partial charge in [0.15, 0.2) is 0 Å². The van der Waals surface area contributed by atoms with Crippen LogP contribution in [0.3, 0.4) is 0 Å². The standard InChI is InChI=1S/C24H29N3O2/c1-25(22-13-7-11-19-8-5-6-12-21(19)22)23(28)18-26-14-16-27(17-15-26)24(29)20-9-3-2-4-10-20/h2-6,8-10,12,22H,7,11,13-18H2,1H3/t22-/m0/s1. The van der Waals surface area contributed by atoms with Crippen LogP contribution < -0.4 is 0 Å². The minimum Gasteiger partial charge on any atom is -0.338 e. The van der Waals surface area contributed by atoms with Gasteiger partial charge in [0.2, 0.25) is 5.91 Å². The number of carbonyl (C=O) groups excluding carboxylic acids is 2. The number of benzene rings is 2. The number of piperazine rings is 1. The Morgan fingerprint density at radius 1 is 0.966 bits per heavy atom. The van der Waals surface area contributed by atoms with E-state index in [1.54, 1.807) is 0 Å². The number of carbonyl (C=O) groups is 2. The van der Waals surface area contributed by atoms with E-state index in [9.17, 15) is 9.59 Å². The van der Waals surface area contributed by atoms with Crippen molar-refractivity contribution >= 4 is 11.8 Å². The van der Waals surface area contributed by atoms with Crippen molar-refractivity contribution in [3.8, 4) is 0 Å². The fourth-order valence-corrected chi connectivity index (χ4v) is 4.48. The van der Waals surface area contributed by atoms with E-state index < -0.39 is 0 Å². The Labute approximate surface area is 172 Å². The molecule has 0 spiro atoms. The zero-order valence-corrected chi connectivity index (χ0v) is 17.1. The largest absolute Gasteiger partial charge is 0.338 e. The zero-order valence-electron chi connectivity index (χ0n) is 17.1. The lowest BCUT2D eigenvalue weighted by Gasteiger charge is -2.37. The lowest BCUT2D eigenvalue weighted by atomic mass is 9.87. The van der Waals surface area contributed by atoms with Gasteiger partial charge in [-0.15, -0.1) is 0 Å². The molecule has 2 amide bonds. The summed E-state index contributed by atoms with van der Waals surface area (Å²) in [7, 11) is 1.93. The Bertz CT molecular complexity index is 859. The van der Waals surface area contributed by atoms with Crippen molar-refractivity contribution in [3.63, 3.8) is 0 Å². The van der Waals surface area contributed by atoms with E-state index in [0.29, 0.717) is 19.6 Å². The Morgan fingerprint density at radius 3 is 2.41 bits per heavy atom. The molecule has 1 heterocycles. The topological polar surface area (TPSA) is 43.9 Å². The summed E-state index contributed by atoms with van der Waals surface area (Å²) in [6.45, 7) is 3.22. The number of amides is 2. The monoisotopic (exact) mass is 391 g/mol. The van der Waals surface area contributed by atoms with Crippen LogP contribution >= 0.6 is 0 Å². The van der Waals surface area contributed by atoms with Gasteiger partial charge in [0.1, 0.15) is 0 Å². The van der Waals surface area contributed by atoms with E-state index >= 15 is 0 Å². The third kappa shape index (κ3) is 4.35. The summed E-state index contributed by atoms with van der Waals surface area (Å²) in [6.07, 6.45) is 3.25. The van der Waals surface area contributed by atoms with Crippen molar-refractivity contribution in [2.45, 2.75) is 25.3 Å². The van der Waals surface area contributed by atoms with E-state index in [1.165, 1.54) is 11.1 Å². The minimum absolute atomic E-state index is 0.0764. The molecule has 1 saturated heterocycles. The molecule has 2 aliphatic rings. The van der Waals surface area contributed by atoms with Gasteiger partial charge in [-0.05, 0) is 42.5 Å². The van der Waals surface area contributed by atoms with Gasteiger partial charge in [0.05, 0.1) is 12.6 Å². The second-order valence-corrected chi connectivity index (χ2v) is 8.05. The summed E-state index contributed by atoms with van der Waals surface area (Å²) >= 11 is 0. The fourth-order valence-electron chi connectivity index (χ4n) is 4.48. The smallest absolute Gasteiger partial charge is 0.253 e. The Kier molecular flexibility index (Phi) is 5.95. The highest BCUT2D eigenvalue weighted by Gasteiger charge is 2.29. The first-order valence-corrected chi connectivity index (χ1v) is 10.5. The molecule has 1 atom stereocenters. The molecule has 29 heavy (non-hydrogen) atoms. The van der Waals surface area contributed by atoms with Crippen LogP contribution in [0, 0.1) is 0 Å². The third-order valence-corrected chi connectivity index (χ3v) is 6.24. The van der Waals surface area contributed by atoms with E-state index in [1.807, 2.05) is 47.2 Å². The molecule has 0 radical (unpaired) electrons. The molecule has 0 bridgehead atoms. The molecular formula is C24H29N3O2. The molecule has 0 N–H and O–H groups in total.